The smallest absolute Gasteiger partial charge is 0.347 e. The largest absolute Gasteiger partial charge is 0.417 e. The van der Waals surface area contributed by atoms with Gasteiger partial charge in [-0.3, -0.25) is 9.59 Å². The van der Waals surface area contributed by atoms with Crippen LogP contribution in [0, 0.1) is 0 Å². The number of alkyl halides is 6. The lowest BCUT2D eigenvalue weighted by atomic mass is 10.1. The lowest BCUT2D eigenvalue weighted by Crippen LogP contribution is -2.34. The molecular formula is C18H14F6N2O2. The zero-order valence-corrected chi connectivity index (χ0v) is 14.1. The lowest BCUT2D eigenvalue weighted by Gasteiger charge is -2.13. The molecular weight excluding hydrogens is 390 g/mol. The standard InChI is InChI=1S/C18H14F6N2O2/c19-17(20,21)10-25-15(27)9-11-5-7-12(8-6-11)26-16(28)13-3-1-2-4-14(13)18(22,23)24/h1-8H,9-10H2,(H,25,27)(H,26,28). The number of anilines is 1. The summed E-state index contributed by atoms with van der Waals surface area (Å²) in [6.45, 7) is -1.45. The van der Waals surface area contributed by atoms with Crippen molar-refractivity contribution >= 4 is 17.5 Å². The molecule has 2 amide bonds. The van der Waals surface area contributed by atoms with E-state index < -0.39 is 41.8 Å². The van der Waals surface area contributed by atoms with Crippen LogP contribution in [0.2, 0.25) is 0 Å². The Morgan fingerprint density at radius 3 is 2.04 bits per heavy atom. The van der Waals surface area contributed by atoms with Crippen LogP contribution in [0.3, 0.4) is 0 Å². The predicted molar refractivity (Wildman–Crippen MR) is 88.6 cm³/mol. The summed E-state index contributed by atoms with van der Waals surface area (Å²) < 4.78 is 75.0. The fourth-order valence-corrected chi connectivity index (χ4v) is 2.28. The number of amides is 2. The molecule has 0 saturated heterocycles. The molecule has 0 aliphatic carbocycles. The third-order valence-corrected chi connectivity index (χ3v) is 3.54. The van der Waals surface area contributed by atoms with E-state index >= 15 is 0 Å². The van der Waals surface area contributed by atoms with E-state index in [9.17, 15) is 35.9 Å². The van der Waals surface area contributed by atoms with Crippen LogP contribution in [0.5, 0.6) is 0 Å². The summed E-state index contributed by atoms with van der Waals surface area (Å²) in [6, 6.07) is 9.71. The third kappa shape index (κ3) is 6.29. The number of nitrogens with one attached hydrogen (secondary N) is 2. The maximum absolute atomic E-state index is 13.0. The molecule has 0 unspecified atom stereocenters. The van der Waals surface area contributed by atoms with Gasteiger partial charge in [0.1, 0.15) is 6.54 Å². The maximum atomic E-state index is 13.0. The van der Waals surface area contributed by atoms with Crippen LogP contribution in [0.15, 0.2) is 48.5 Å². The Bertz CT molecular complexity index is 844. The molecule has 2 aromatic carbocycles. The van der Waals surface area contributed by atoms with E-state index in [1.807, 2.05) is 0 Å². The van der Waals surface area contributed by atoms with Gasteiger partial charge in [-0.15, -0.1) is 0 Å². The fourth-order valence-electron chi connectivity index (χ4n) is 2.28. The van der Waals surface area contributed by atoms with E-state index in [0.717, 1.165) is 18.2 Å². The second kappa shape index (κ2) is 8.32. The van der Waals surface area contributed by atoms with Crippen molar-refractivity contribution in [2.24, 2.45) is 0 Å². The number of hydrogen-bond acceptors (Lipinski definition) is 2. The first kappa shape index (κ1) is 21.3. The number of benzene rings is 2. The molecule has 4 nitrogen and oxygen atoms in total. The van der Waals surface area contributed by atoms with Gasteiger partial charge in [0.05, 0.1) is 17.5 Å². The summed E-state index contributed by atoms with van der Waals surface area (Å²) >= 11 is 0. The minimum absolute atomic E-state index is 0.168. The fraction of sp³-hybridized carbons (Fsp3) is 0.222. The van der Waals surface area contributed by atoms with Crippen molar-refractivity contribution in [2.45, 2.75) is 18.8 Å². The van der Waals surface area contributed by atoms with Gasteiger partial charge in [-0.1, -0.05) is 24.3 Å². The van der Waals surface area contributed by atoms with Gasteiger partial charge in [-0.2, -0.15) is 26.3 Å². The predicted octanol–water partition coefficient (Wildman–Crippen LogP) is 4.18. The monoisotopic (exact) mass is 404 g/mol. The summed E-state index contributed by atoms with van der Waals surface area (Å²) in [5.41, 5.74) is -1.09. The van der Waals surface area contributed by atoms with Crippen LogP contribution in [-0.2, 0) is 17.4 Å². The molecule has 0 aromatic heterocycles. The van der Waals surface area contributed by atoms with Crippen molar-refractivity contribution in [3.05, 3.63) is 65.2 Å². The quantitative estimate of drug-likeness (QED) is 0.735. The summed E-state index contributed by atoms with van der Waals surface area (Å²) in [6.07, 6.45) is -9.53. The molecule has 28 heavy (non-hydrogen) atoms. The van der Waals surface area contributed by atoms with Gasteiger partial charge in [-0.25, -0.2) is 0 Å². The highest BCUT2D eigenvalue weighted by molar-refractivity contribution is 6.05. The van der Waals surface area contributed by atoms with Gasteiger partial charge < -0.3 is 10.6 Å². The molecule has 0 radical (unpaired) electrons. The molecule has 0 atom stereocenters. The molecule has 10 heteroatoms. The number of rotatable bonds is 5. The van der Waals surface area contributed by atoms with Gasteiger partial charge >= 0.3 is 12.4 Å². The molecule has 150 valence electrons. The lowest BCUT2D eigenvalue weighted by molar-refractivity contribution is -0.138. The Labute approximate surface area is 155 Å². The van der Waals surface area contributed by atoms with Crippen LogP contribution < -0.4 is 10.6 Å². The number of carbonyl (C=O) groups is 2. The van der Waals surface area contributed by atoms with Gasteiger partial charge in [0, 0.05) is 5.69 Å². The molecule has 0 heterocycles. The second-order valence-electron chi connectivity index (χ2n) is 5.76. The van der Waals surface area contributed by atoms with Crippen LogP contribution in [0.25, 0.3) is 0 Å². The topological polar surface area (TPSA) is 58.2 Å². The number of carbonyl (C=O) groups excluding carboxylic acids is 2. The highest BCUT2D eigenvalue weighted by atomic mass is 19.4. The summed E-state index contributed by atoms with van der Waals surface area (Å²) in [5.74, 6) is -1.81. The van der Waals surface area contributed by atoms with Crippen molar-refractivity contribution in [2.75, 3.05) is 11.9 Å². The van der Waals surface area contributed by atoms with Crippen molar-refractivity contribution in [1.29, 1.82) is 0 Å². The normalized spacial score (nSPS) is 11.8. The van der Waals surface area contributed by atoms with E-state index in [4.69, 9.17) is 0 Å². The number of hydrogen-bond donors (Lipinski definition) is 2. The van der Waals surface area contributed by atoms with E-state index in [1.54, 1.807) is 5.32 Å². The van der Waals surface area contributed by atoms with Gasteiger partial charge in [-0.05, 0) is 29.8 Å². The Morgan fingerprint density at radius 2 is 1.46 bits per heavy atom. The van der Waals surface area contributed by atoms with Crippen molar-refractivity contribution in [3.63, 3.8) is 0 Å². The Hall–Kier alpha value is -3.04. The van der Waals surface area contributed by atoms with Crippen molar-refractivity contribution in [3.8, 4) is 0 Å². The molecule has 0 saturated carbocycles. The van der Waals surface area contributed by atoms with Crippen LogP contribution >= 0.6 is 0 Å². The first-order valence-electron chi connectivity index (χ1n) is 7.86. The first-order valence-corrected chi connectivity index (χ1v) is 7.86. The van der Waals surface area contributed by atoms with Crippen molar-refractivity contribution < 1.29 is 35.9 Å². The minimum atomic E-state index is -4.69. The maximum Gasteiger partial charge on any atom is 0.417 e. The van der Waals surface area contributed by atoms with E-state index in [0.29, 0.717) is 5.56 Å². The van der Waals surface area contributed by atoms with Gasteiger partial charge in [0.2, 0.25) is 5.91 Å². The first-order chi connectivity index (χ1) is 13.0. The Morgan fingerprint density at radius 1 is 0.857 bits per heavy atom. The minimum Gasteiger partial charge on any atom is -0.347 e. The number of halogens is 6. The molecule has 0 spiro atoms. The molecule has 0 aliphatic rings. The Balaban J connectivity index is 2.01. The van der Waals surface area contributed by atoms with Crippen LogP contribution in [0.1, 0.15) is 21.5 Å². The molecule has 2 N–H and O–H groups in total. The van der Waals surface area contributed by atoms with Gasteiger partial charge in [0.15, 0.2) is 0 Å². The summed E-state index contributed by atoms with van der Waals surface area (Å²) in [5, 5.41) is 4.03. The second-order valence-corrected chi connectivity index (χ2v) is 5.76. The highest BCUT2D eigenvalue weighted by Gasteiger charge is 2.34. The highest BCUT2D eigenvalue weighted by Crippen LogP contribution is 2.32. The molecule has 0 fully saturated rings. The summed E-state index contributed by atoms with van der Waals surface area (Å²) in [4.78, 5) is 23.6. The van der Waals surface area contributed by atoms with Crippen LogP contribution in [-0.4, -0.2) is 24.5 Å². The van der Waals surface area contributed by atoms with Crippen molar-refractivity contribution in [1.82, 2.24) is 5.32 Å². The average Bonchev–Trinajstić information content (AvgIpc) is 2.60. The van der Waals surface area contributed by atoms with E-state index in [-0.39, 0.29) is 12.1 Å². The average molecular weight is 404 g/mol. The summed E-state index contributed by atoms with van der Waals surface area (Å²) in [7, 11) is 0. The van der Waals surface area contributed by atoms with Gasteiger partial charge in [0.25, 0.3) is 5.91 Å². The molecule has 0 aliphatic heterocycles. The van der Waals surface area contributed by atoms with Crippen LogP contribution in [0.4, 0.5) is 32.0 Å². The molecule has 0 bridgehead atoms. The molecule has 2 rings (SSSR count). The SMILES string of the molecule is O=C(Cc1ccc(NC(=O)c2ccccc2C(F)(F)F)cc1)NCC(F)(F)F. The van der Waals surface area contributed by atoms with E-state index in [1.165, 1.54) is 30.3 Å². The zero-order valence-electron chi connectivity index (χ0n) is 14.1. The third-order valence-electron chi connectivity index (χ3n) is 3.54. The zero-order chi connectivity index (χ0) is 20.9. The van der Waals surface area contributed by atoms with E-state index in [2.05, 4.69) is 5.32 Å². The Kier molecular flexibility index (Phi) is 6.32. The molecule has 2 aromatic rings.